The van der Waals surface area contributed by atoms with E-state index in [1.165, 1.54) is 25.7 Å². The van der Waals surface area contributed by atoms with Gasteiger partial charge in [0.25, 0.3) is 0 Å². The molecule has 2 aliphatic carbocycles. The predicted octanol–water partition coefficient (Wildman–Crippen LogP) is 1.15. The second-order valence-electron chi connectivity index (χ2n) is 4.46. The molecule has 0 amide bonds. The molecule has 2 nitrogen and oxygen atoms in total. The van der Waals surface area contributed by atoms with Gasteiger partial charge >= 0.3 is 0 Å². The Hall–Kier alpha value is -0.0800. The summed E-state index contributed by atoms with van der Waals surface area (Å²) in [4.78, 5) is 0. The van der Waals surface area contributed by atoms with Gasteiger partial charge in [0.2, 0.25) is 0 Å². The molecule has 0 aromatic carbocycles. The Kier molecular flexibility index (Phi) is 2.13. The number of rotatable bonds is 3. The lowest BCUT2D eigenvalue weighted by Crippen LogP contribution is -2.48. The second-order valence-corrected chi connectivity index (χ2v) is 4.46. The lowest BCUT2D eigenvalue weighted by molar-refractivity contribution is 0.158. The summed E-state index contributed by atoms with van der Waals surface area (Å²) in [5.74, 6) is 1.80. The quantitative estimate of drug-likeness (QED) is 0.664. The smallest absolute Gasteiger partial charge is 0.0448 e. The van der Waals surface area contributed by atoms with Crippen molar-refractivity contribution in [2.75, 3.05) is 13.7 Å². The summed E-state index contributed by atoms with van der Waals surface area (Å²) in [5.41, 5.74) is 0.303. The minimum Gasteiger partial charge on any atom is -0.396 e. The van der Waals surface area contributed by atoms with Gasteiger partial charge in [0.1, 0.15) is 0 Å². The molecule has 0 radical (unpaired) electrons. The minimum absolute atomic E-state index is 0.303. The summed E-state index contributed by atoms with van der Waals surface area (Å²) >= 11 is 0. The van der Waals surface area contributed by atoms with E-state index in [1.807, 2.05) is 0 Å². The topological polar surface area (TPSA) is 32.3 Å². The summed E-state index contributed by atoms with van der Waals surface area (Å²) < 4.78 is 0. The van der Waals surface area contributed by atoms with Crippen LogP contribution in [-0.4, -0.2) is 24.3 Å². The van der Waals surface area contributed by atoms with Gasteiger partial charge in [-0.2, -0.15) is 0 Å². The van der Waals surface area contributed by atoms with Crippen LogP contribution in [0.25, 0.3) is 0 Å². The number of aliphatic hydroxyl groups excluding tert-OH is 1. The second kappa shape index (κ2) is 3.00. The fourth-order valence-corrected chi connectivity index (χ4v) is 3.38. The molecule has 3 atom stereocenters. The van der Waals surface area contributed by atoms with Crippen LogP contribution in [0.2, 0.25) is 0 Å². The first kappa shape index (κ1) is 8.52. The van der Waals surface area contributed by atoms with Gasteiger partial charge in [0.15, 0.2) is 0 Å². The molecule has 2 N–H and O–H groups in total. The maximum absolute atomic E-state index is 9.01. The molecule has 70 valence electrons. The first-order valence-electron chi connectivity index (χ1n) is 5.10. The maximum atomic E-state index is 9.01. The summed E-state index contributed by atoms with van der Waals surface area (Å²) in [6.07, 6.45) is 6.46. The molecular formula is C10H19NO. The van der Waals surface area contributed by atoms with Crippen LogP contribution in [0.1, 0.15) is 32.1 Å². The standard InChI is InChI=1S/C10H19NO/c1-11-10(4-5-12)7-8-2-3-9(10)6-8/h8-9,11-12H,2-7H2,1H3. The third kappa shape index (κ3) is 1.09. The van der Waals surface area contributed by atoms with E-state index in [0.29, 0.717) is 12.1 Å². The molecule has 2 heteroatoms. The van der Waals surface area contributed by atoms with E-state index >= 15 is 0 Å². The highest BCUT2D eigenvalue weighted by atomic mass is 16.3. The molecule has 0 aromatic rings. The van der Waals surface area contributed by atoms with Gasteiger partial charge in [0.05, 0.1) is 0 Å². The third-order valence-electron chi connectivity index (χ3n) is 4.03. The molecule has 2 aliphatic rings. The molecule has 0 aromatic heterocycles. The molecule has 2 bridgehead atoms. The van der Waals surface area contributed by atoms with Crippen molar-refractivity contribution in [1.82, 2.24) is 5.32 Å². The van der Waals surface area contributed by atoms with Crippen molar-refractivity contribution in [3.05, 3.63) is 0 Å². The highest BCUT2D eigenvalue weighted by Crippen LogP contribution is 2.51. The molecule has 2 rings (SSSR count). The molecule has 2 saturated carbocycles. The fraction of sp³-hybridized carbons (Fsp3) is 1.00. The van der Waals surface area contributed by atoms with Crippen molar-refractivity contribution in [3.63, 3.8) is 0 Å². The van der Waals surface area contributed by atoms with Gasteiger partial charge in [-0.1, -0.05) is 6.42 Å². The largest absolute Gasteiger partial charge is 0.396 e. The highest BCUT2D eigenvalue weighted by Gasteiger charge is 2.49. The van der Waals surface area contributed by atoms with Gasteiger partial charge in [-0.15, -0.1) is 0 Å². The van der Waals surface area contributed by atoms with Crippen LogP contribution < -0.4 is 5.32 Å². The zero-order chi connectivity index (χ0) is 8.60. The van der Waals surface area contributed by atoms with E-state index in [0.717, 1.165) is 18.3 Å². The lowest BCUT2D eigenvalue weighted by Gasteiger charge is -2.37. The number of hydrogen-bond donors (Lipinski definition) is 2. The molecular weight excluding hydrogens is 150 g/mol. The van der Waals surface area contributed by atoms with Crippen LogP contribution in [-0.2, 0) is 0 Å². The van der Waals surface area contributed by atoms with E-state index in [1.54, 1.807) is 0 Å². The Bertz CT molecular complexity index is 171. The SMILES string of the molecule is CNC1(CCO)CC2CCC1C2. The van der Waals surface area contributed by atoms with Crippen molar-refractivity contribution >= 4 is 0 Å². The van der Waals surface area contributed by atoms with Crippen LogP contribution in [0.15, 0.2) is 0 Å². The van der Waals surface area contributed by atoms with Crippen molar-refractivity contribution in [2.24, 2.45) is 11.8 Å². The monoisotopic (exact) mass is 169 g/mol. The highest BCUT2D eigenvalue weighted by molar-refractivity contribution is 5.05. The molecule has 0 saturated heterocycles. The van der Waals surface area contributed by atoms with Gasteiger partial charge in [-0.3, -0.25) is 0 Å². The summed E-state index contributed by atoms with van der Waals surface area (Å²) in [6, 6.07) is 0. The Morgan fingerprint density at radius 2 is 2.33 bits per heavy atom. The lowest BCUT2D eigenvalue weighted by atomic mass is 9.79. The maximum Gasteiger partial charge on any atom is 0.0448 e. The number of nitrogens with one attached hydrogen (secondary N) is 1. The van der Waals surface area contributed by atoms with Crippen LogP contribution in [0.4, 0.5) is 0 Å². The summed E-state index contributed by atoms with van der Waals surface area (Å²) in [5, 5.41) is 12.5. The van der Waals surface area contributed by atoms with Crippen molar-refractivity contribution in [1.29, 1.82) is 0 Å². The minimum atomic E-state index is 0.303. The Morgan fingerprint density at radius 3 is 2.75 bits per heavy atom. The van der Waals surface area contributed by atoms with E-state index in [-0.39, 0.29) is 0 Å². The fourth-order valence-electron chi connectivity index (χ4n) is 3.38. The predicted molar refractivity (Wildman–Crippen MR) is 48.9 cm³/mol. The Labute approximate surface area is 74.4 Å². The number of aliphatic hydroxyl groups is 1. The first-order valence-corrected chi connectivity index (χ1v) is 5.10. The first-order chi connectivity index (χ1) is 5.80. The molecule has 0 heterocycles. The van der Waals surface area contributed by atoms with Crippen molar-refractivity contribution < 1.29 is 5.11 Å². The average Bonchev–Trinajstić information content (AvgIpc) is 2.64. The number of fused-ring (bicyclic) bond motifs is 2. The van der Waals surface area contributed by atoms with E-state index in [4.69, 9.17) is 5.11 Å². The van der Waals surface area contributed by atoms with Gasteiger partial charge in [-0.25, -0.2) is 0 Å². The van der Waals surface area contributed by atoms with E-state index in [9.17, 15) is 0 Å². The van der Waals surface area contributed by atoms with Crippen LogP contribution >= 0.6 is 0 Å². The van der Waals surface area contributed by atoms with Crippen LogP contribution in [0.5, 0.6) is 0 Å². The van der Waals surface area contributed by atoms with Gasteiger partial charge < -0.3 is 10.4 Å². The Morgan fingerprint density at radius 1 is 1.50 bits per heavy atom. The summed E-state index contributed by atoms with van der Waals surface area (Å²) in [7, 11) is 2.05. The van der Waals surface area contributed by atoms with E-state index < -0.39 is 0 Å². The zero-order valence-electron chi connectivity index (χ0n) is 7.84. The average molecular weight is 169 g/mol. The van der Waals surface area contributed by atoms with Crippen molar-refractivity contribution in [2.45, 2.75) is 37.6 Å². The van der Waals surface area contributed by atoms with Crippen LogP contribution in [0, 0.1) is 11.8 Å². The zero-order valence-corrected chi connectivity index (χ0v) is 7.84. The Balaban J connectivity index is 2.08. The van der Waals surface area contributed by atoms with Gasteiger partial charge in [0, 0.05) is 12.1 Å². The van der Waals surface area contributed by atoms with Gasteiger partial charge in [-0.05, 0) is 44.6 Å². The molecule has 0 aliphatic heterocycles. The van der Waals surface area contributed by atoms with Crippen molar-refractivity contribution in [3.8, 4) is 0 Å². The molecule has 3 unspecified atom stereocenters. The molecule has 0 spiro atoms. The third-order valence-corrected chi connectivity index (χ3v) is 4.03. The van der Waals surface area contributed by atoms with E-state index in [2.05, 4.69) is 12.4 Å². The van der Waals surface area contributed by atoms with Crippen LogP contribution in [0.3, 0.4) is 0 Å². The molecule has 12 heavy (non-hydrogen) atoms. The summed E-state index contributed by atoms with van der Waals surface area (Å²) in [6.45, 7) is 0.337. The normalized spacial score (nSPS) is 45.5. The number of hydrogen-bond acceptors (Lipinski definition) is 2. The molecule has 2 fully saturated rings.